The Bertz CT molecular complexity index is 536. The molecule has 0 saturated heterocycles. The van der Waals surface area contributed by atoms with Crippen molar-refractivity contribution in [3.8, 4) is 0 Å². The van der Waals surface area contributed by atoms with E-state index in [1.165, 1.54) is 11.1 Å². The summed E-state index contributed by atoms with van der Waals surface area (Å²) in [5, 5.41) is 3.36. The summed E-state index contributed by atoms with van der Waals surface area (Å²) < 4.78 is 0. The minimum atomic E-state index is 0.202. The molecule has 0 unspecified atom stereocenters. The molecule has 5 nitrogen and oxygen atoms in total. The van der Waals surface area contributed by atoms with E-state index in [4.69, 9.17) is 11.5 Å². The van der Waals surface area contributed by atoms with E-state index in [1.54, 1.807) is 6.07 Å². The first-order chi connectivity index (χ1) is 8.70. The summed E-state index contributed by atoms with van der Waals surface area (Å²) in [7, 11) is 0. The molecule has 5 N–H and O–H groups in total. The topological polar surface area (TPSA) is 89.8 Å². The van der Waals surface area contributed by atoms with Crippen LogP contribution in [-0.2, 0) is 12.8 Å². The average Bonchev–Trinajstić information content (AvgIpc) is 2.69. The summed E-state index contributed by atoms with van der Waals surface area (Å²) in [6.45, 7) is 0. The summed E-state index contributed by atoms with van der Waals surface area (Å²) in [5.74, 6) is 1.28. The van der Waals surface area contributed by atoms with E-state index in [-0.39, 0.29) is 5.95 Å². The first kappa shape index (κ1) is 10.8. The maximum atomic E-state index is 5.65. The predicted molar refractivity (Wildman–Crippen MR) is 72.1 cm³/mol. The normalized spacial score (nSPS) is 14.4. The Balaban J connectivity index is 1.76. The molecule has 92 valence electrons. The lowest BCUT2D eigenvalue weighted by Gasteiger charge is -2.13. The van der Waals surface area contributed by atoms with Crippen LogP contribution < -0.4 is 16.8 Å². The van der Waals surface area contributed by atoms with Crippen LogP contribution in [0.15, 0.2) is 30.3 Å². The molecule has 1 heterocycles. The van der Waals surface area contributed by atoms with E-state index in [0.29, 0.717) is 17.7 Å². The second kappa shape index (κ2) is 4.18. The fourth-order valence-corrected chi connectivity index (χ4v) is 2.43. The molecule has 1 aliphatic rings. The van der Waals surface area contributed by atoms with Crippen LogP contribution in [0.4, 0.5) is 17.6 Å². The number of aromatic nitrogens is 2. The second-order valence-electron chi connectivity index (χ2n) is 4.55. The van der Waals surface area contributed by atoms with E-state index in [2.05, 4.69) is 39.6 Å². The average molecular weight is 241 g/mol. The maximum absolute atomic E-state index is 5.65. The number of nitrogens with two attached hydrogens (primary N) is 2. The number of nitrogen functional groups attached to an aromatic ring is 2. The van der Waals surface area contributed by atoms with Crippen molar-refractivity contribution in [3.63, 3.8) is 0 Å². The highest BCUT2D eigenvalue weighted by Crippen LogP contribution is 2.24. The second-order valence-corrected chi connectivity index (χ2v) is 4.55. The number of nitrogens with zero attached hydrogens (tertiary/aromatic N) is 2. The minimum absolute atomic E-state index is 0.202. The Morgan fingerprint density at radius 3 is 2.33 bits per heavy atom. The summed E-state index contributed by atoms with van der Waals surface area (Å²) in [5.41, 5.74) is 14.0. The Morgan fingerprint density at radius 2 is 1.72 bits per heavy atom. The molecule has 3 rings (SSSR count). The molecule has 0 amide bonds. The third kappa shape index (κ3) is 2.07. The van der Waals surface area contributed by atoms with Gasteiger partial charge in [0.15, 0.2) is 0 Å². The highest BCUT2D eigenvalue weighted by Gasteiger charge is 2.21. The molecular formula is C13H15N5. The first-order valence-electron chi connectivity index (χ1n) is 5.94. The zero-order valence-corrected chi connectivity index (χ0v) is 9.93. The molecule has 0 saturated carbocycles. The zero-order valence-electron chi connectivity index (χ0n) is 9.93. The molecule has 5 heteroatoms. The van der Waals surface area contributed by atoms with Crippen molar-refractivity contribution < 1.29 is 0 Å². The number of rotatable bonds is 2. The SMILES string of the molecule is Nc1cc(NC2Cc3ccccc3C2)nc(N)n1. The van der Waals surface area contributed by atoms with Gasteiger partial charge >= 0.3 is 0 Å². The Morgan fingerprint density at radius 1 is 1.06 bits per heavy atom. The first-order valence-corrected chi connectivity index (χ1v) is 5.94. The van der Waals surface area contributed by atoms with Gasteiger partial charge in [0.2, 0.25) is 5.95 Å². The van der Waals surface area contributed by atoms with Gasteiger partial charge in [0, 0.05) is 12.1 Å². The van der Waals surface area contributed by atoms with Crippen LogP contribution >= 0.6 is 0 Å². The van der Waals surface area contributed by atoms with Crippen molar-refractivity contribution >= 4 is 17.6 Å². The monoisotopic (exact) mass is 241 g/mol. The van der Waals surface area contributed by atoms with E-state index in [1.807, 2.05) is 0 Å². The van der Waals surface area contributed by atoms with Gasteiger partial charge in [0.25, 0.3) is 0 Å². The summed E-state index contributed by atoms with van der Waals surface area (Å²) in [4.78, 5) is 7.99. The predicted octanol–water partition coefficient (Wildman–Crippen LogP) is 1.22. The molecule has 0 spiro atoms. The summed E-state index contributed by atoms with van der Waals surface area (Å²) in [6, 6.07) is 10.5. The Kier molecular flexibility index (Phi) is 2.51. The van der Waals surface area contributed by atoms with E-state index in [0.717, 1.165) is 12.8 Å². The Hall–Kier alpha value is -2.30. The van der Waals surface area contributed by atoms with Gasteiger partial charge in [-0.05, 0) is 24.0 Å². The van der Waals surface area contributed by atoms with Crippen molar-refractivity contribution in [1.29, 1.82) is 0 Å². The lowest BCUT2D eigenvalue weighted by atomic mass is 10.1. The molecule has 2 aromatic rings. The Labute approximate surface area is 105 Å². The third-order valence-electron chi connectivity index (χ3n) is 3.17. The van der Waals surface area contributed by atoms with Gasteiger partial charge in [0.1, 0.15) is 11.6 Å². The molecule has 1 aromatic heterocycles. The van der Waals surface area contributed by atoms with Gasteiger partial charge in [-0.25, -0.2) is 0 Å². The maximum Gasteiger partial charge on any atom is 0.223 e. The van der Waals surface area contributed by atoms with Gasteiger partial charge in [-0.3, -0.25) is 0 Å². The summed E-state index contributed by atoms with van der Waals surface area (Å²) >= 11 is 0. The van der Waals surface area contributed by atoms with Crippen LogP contribution in [0.25, 0.3) is 0 Å². The van der Waals surface area contributed by atoms with Crippen molar-refractivity contribution in [3.05, 3.63) is 41.5 Å². The quantitative estimate of drug-likeness (QED) is 0.735. The number of fused-ring (bicyclic) bond motifs is 1. The fraction of sp³-hybridized carbons (Fsp3) is 0.231. The van der Waals surface area contributed by atoms with Crippen molar-refractivity contribution in [2.24, 2.45) is 0 Å². The van der Waals surface area contributed by atoms with Crippen LogP contribution in [0, 0.1) is 0 Å². The van der Waals surface area contributed by atoms with Gasteiger partial charge in [0.05, 0.1) is 0 Å². The van der Waals surface area contributed by atoms with Crippen LogP contribution in [0.5, 0.6) is 0 Å². The number of nitrogens with one attached hydrogen (secondary N) is 1. The molecule has 0 aliphatic heterocycles. The number of benzene rings is 1. The highest BCUT2D eigenvalue weighted by atomic mass is 15.1. The largest absolute Gasteiger partial charge is 0.383 e. The van der Waals surface area contributed by atoms with Crippen molar-refractivity contribution in [1.82, 2.24) is 9.97 Å². The van der Waals surface area contributed by atoms with Crippen LogP contribution in [0.3, 0.4) is 0 Å². The smallest absolute Gasteiger partial charge is 0.223 e. The molecule has 1 aliphatic carbocycles. The molecule has 0 fully saturated rings. The van der Waals surface area contributed by atoms with Gasteiger partial charge in [-0.1, -0.05) is 24.3 Å². The minimum Gasteiger partial charge on any atom is -0.383 e. The van der Waals surface area contributed by atoms with E-state index < -0.39 is 0 Å². The standard InChI is InChI=1S/C13H15N5/c14-11-7-12(18-13(15)17-11)16-10-5-8-3-1-2-4-9(8)6-10/h1-4,7,10H,5-6H2,(H5,14,15,16,17,18). The number of anilines is 3. The van der Waals surface area contributed by atoms with Crippen molar-refractivity contribution in [2.75, 3.05) is 16.8 Å². The van der Waals surface area contributed by atoms with Crippen LogP contribution in [0.2, 0.25) is 0 Å². The highest BCUT2D eigenvalue weighted by molar-refractivity contribution is 5.50. The van der Waals surface area contributed by atoms with Crippen LogP contribution in [-0.4, -0.2) is 16.0 Å². The lowest BCUT2D eigenvalue weighted by molar-refractivity contribution is 0.768. The van der Waals surface area contributed by atoms with Crippen LogP contribution in [0.1, 0.15) is 11.1 Å². The number of hydrogen-bond donors (Lipinski definition) is 3. The zero-order chi connectivity index (χ0) is 12.5. The lowest BCUT2D eigenvalue weighted by Crippen LogP contribution is -2.20. The molecule has 1 aromatic carbocycles. The third-order valence-corrected chi connectivity index (χ3v) is 3.17. The fourth-order valence-electron chi connectivity index (χ4n) is 2.43. The summed E-state index contributed by atoms with van der Waals surface area (Å²) in [6.07, 6.45) is 2.00. The van der Waals surface area contributed by atoms with Gasteiger partial charge in [-0.2, -0.15) is 9.97 Å². The van der Waals surface area contributed by atoms with Gasteiger partial charge in [-0.15, -0.1) is 0 Å². The number of hydrogen-bond acceptors (Lipinski definition) is 5. The van der Waals surface area contributed by atoms with E-state index >= 15 is 0 Å². The molecule has 0 bridgehead atoms. The van der Waals surface area contributed by atoms with Crippen molar-refractivity contribution in [2.45, 2.75) is 18.9 Å². The molecule has 0 atom stereocenters. The molecule has 18 heavy (non-hydrogen) atoms. The van der Waals surface area contributed by atoms with Gasteiger partial charge < -0.3 is 16.8 Å². The molecular weight excluding hydrogens is 226 g/mol. The molecule has 0 radical (unpaired) electrons. The van der Waals surface area contributed by atoms with E-state index in [9.17, 15) is 0 Å².